The van der Waals surface area contributed by atoms with E-state index in [2.05, 4.69) is 15.9 Å². The molecule has 2 nitrogen and oxygen atoms in total. The second kappa shape index (κ2) is 8.25. The molecule has 0 amide bonds. The van der Waals surface area contributed by atoms with E-state index in [0.717, 1.165) is 18.4 Å². The normalized spacial score (nSPS) is 19.4. The van der Waals surface area contributed by atoms with Gasteiger partial charge in [0.05, 0.1) is 16.7 Å². The van der Waals surface area contributed by atoms with Gasteiger partial charge in [0.2, 0.25) is 0 Å². The van der Waals surface area contributed by atoms with Crippen LogP contribution in [0.4, 0.5) is 4.39 Å². The Morgan fingerprint density at radius 1 is 1.33 bits per heavy atom. The van der Waals surface area contributed by atoms with E-state index in [0.29, 0.717) is 23.4 Å². The fraction of sp³-hybridized carbons (Fsp3) is 0.647. The second-order valence-electron chi connectivity index (χ2n) is 5.84. The van der Waals surface area contributed by atoms with Crippen molar-refractivity contribution in [1.29, 1.82) is 0 Å². The third-order valence-electron chi connectivity index (χ3n) is 4.28. The highest BCUT2D eigenvalue weighted by atomic mass is 79.9. The first-order valence-corrected chi connectivity index (χ1v) is 8.64. The van der Waals surface area contributed by atoms with E-state index in [-0.39, 0.29) is 11.9 Å². The Hall–Kier alpha value is -0.450. The summed E-state index contributed by atoms with van der Waals surface area (Å²) in [5, 5.41) is 10.6. The van der Waals surface area contributed by atoms with Gasteiger partial charge in [-0.3, -0.25) is 0 Å². The zero-order valence-electron chi connectivity index (χ0n) is 12.5. The van der Waals surface area contributed by atoms with Crippen molar-refractivity contribution < 1.29 is 14.2 Å². The number of aliphatic hydroxyl groups excluding tert-OH is 1. The van der Waals surface area contributed by atoms with Crippen molar-refractivity contribution in [2.45, 2.75) is 57.7 Å². The van der Waals surface area contributed by atoms with Crippen LogP contribution in [0.15, 0.2) is 22.7 Å². The standard InChI is InChI=1S/C17H24BrFO2/c1-2-21-17(13-6-4-3-5-7-13)16(20)11-12-8-9-15(19)14(18)10-12/h8-10,13,16-17,20H,2-7,11H2,1H3. The maximum atomic E-state index is 13.3. The van der Waals surface area contributed by atoms with Gasteiger partial charge < -0.3 is 9.84 Å². The van der Waals surface area contributed by atoms with Crippen LogP contribution < -0.4 is 0 Å². The lowest BCUT2D eigenvalue weighted by Gasteiger charge is -2.33. The average molecular weight is 359 g/mol. The molecule has 1 aliphatic carbocycles. The highest BCUT2D eigenvalue weighted by Crippen LogP contribution is 2.30. The molecule has 1 saturated carbocycles. The molecule has 2 atom stereocenters. The van der Waals surface area contributed by atoms with Crippen molar-refractivity contribution in [2.75, 3.05) is 6.61 Å². The lowest BCUT2D eigenvalue weighted by Crippen LogP contribution is -2.38. The van der Waals surface area contributed by atoms with Crippen molar-refractivity contribution in [3.63, 3.8) is 0 Å². The predicted molar refractivity (Wildman–Crippen MR) is 85.8 cm³/mol. The minimum atomic E-state index is -0.537. The molecular formula is C17H24BrFO2. The Kier molecular flexibility index (Phi) is 6.65. The van der Waals surface area contributed by atoms with Gasteiger partial charge in [-0.25, -0.2) is 4.39 Å². The summed E-state index contributed by atoms with van der Waals surface area (Å²) in [7, 11) is 0. The highest BCUT2D eigenvalue weighted by molar-refractivity contribution is 9.10. The van der Waals surface area contributed by atoms with Gasteiger partial charge in [-0.2, -0.15) is 0 Å². The van der Waals surface area contributed by atoms with E-state index >= 15 is 0 Å². The molecule has 0 bridgehead atoms. The van der Waals surface area contributed by atoms with Gasteiger partial charge in [0.1, 0.15) is 5.82 Å². The summed E-state index contributed by atoms with van der Waals surface area (Å²) in [4.78, 5) is 0. The third-order valence-corrected chi connectivity index (χ3v) is 4.89. The Morgan fingerprint density at radius 3 is 2.67 bits per heavy atom. The molecule has 118 valence electrons. The van der Waals surface area contributed by atoms with Crippen LogP contribution in [0.3, 0.4) is 0 Å². The van der Waals surface area contributed by atoms with E-state index in [4.69, 9.17) is 4.74 Å². The minimum Gasteiger partial charge on any atom is -0.390 e. The molecule has 4 heteroatoms. The van der Waals surface area contributed by atoms with E-state index in [1.807, 2.05) is 6.92 Å². The van der Waals surface area contributed by atoms with E-state index in [1.54, 1.807) is 12.1 Å². The summed E-state index contributed by atoms with van der Waals surface area (Å²) in [5.74, 6) is 0.166. The van der Waals surface area contributed by atoms with Gasteiger partial charge in [0, 0.05) is 13.0 Å². The summed E-state index contributed by atoms with van der Waals surface area (Å²) in [6.45, 7) is 2.59. The zero-order valence-corrected chi connectivity index (χ0v) is 14.1. The largest absolute Gasteiger partial charge is 0.390 e. The van der Waals surface area contributed by atoms with Crippen molar-refractivity contribution >= 4 is 15.9 Å². The lowest BCUT2D eigenvalue weighted by molar-refractivity contribution is -0.0715. The van der Waals surface area contributed by atoms with Crippen LogP contribution in [0, 0.1) is 11.7 Å². The molecular weight excluding hydrogens is 335 g/mol. The first kappa shape index (κ1) is 16.9. The molecule has 0 spiro atoms. The minimum absolute atomic E-state index is 0.112. The molecule has 0 saturated heterocycles. The molecule has 2 rings (SSSR count). The zero-order chi connectivity index (χ0) is 15.2. The van der Waals surface area contributed by atoms with Gasteiger partial charge in [0.15, 0.2) is 0 Å². The number of aliphatic hydroxyl groups is 1. The number of hydrogen-bond acceptors (Lipinski definition) is 2. The number of hydrogen-bond donors (Lipinski definition) is 1. The van der Waals surface area contributed by atoms with Crippen molar-refractivity contribution in [3.8, 4) is 0 Å². The molecule has 1 N–H and O–H groups in total. The Bertz CT molecular complexity index is 446. The smallest absolute Gasteiger partial charge is 0.137 e. The van der Waals surface area contributed by atoms with E-state index in [9.17, 15) is 9.50 Å². The van der Waals surface area contributed by atoms with Crippen LogP contribution >= 0.6 is 15.9 Å². The fourth-order valence-electron chi connectivity index (χ4n) is 3.24. The van der Waals surface area contributed by atoms with Crippen LogP contribution in [-0.4, -0.2) is 23.9 Å². The Balaban J connectivity index is 2.02. The van der Waals surface area contributed by atoms with Crippen molar-refractivity contribution in [2.24, 2.45) is 5.92 Å². The maximum absolute atomic E-state index is 13.3. The van der Waals surface area contributed by atoms with Crippen LogP contribution in [-0.2, 0) is 11.2 Å². The molecule has 0 heterocycles. The molecule has 0 radical (unpaired) electrons. The quantitative estimate of drug-likeness (QED) is 0.812. The second-order valence-corrected chi connectivity index (χ2v) is 6.69. The van der Waals surface area contributed by atoms with E-state index < -0.39 is 6.10 Å². The van der Waals surface area contributed by atoms with Crippen LogP contribution in [0.5, 0.6) is 0 Å². The maximum Gasteiger partial charge on any atom is 0.137 e. The number of benzene rings is 1. The highest BCUT2D eigenvalue weighted by Gasteiger charge is 2.30. The lowest BCUT2D eigenvalue weighted by atomic mass is 9.82. The van der Waals surface area contributed by atoms with Crippen LogP contribution in [0.25, 0.3) is 0 Å². The SMILES string of the molecule is CCOC(C(O)Cc1ccc(F)c(Br)c1)C1CCCCC1. The molecule has 1 aromatic rings. The topological polar surface area (TPSA) is 29.5 Å². The summed E-state index contributed by atoms with van der Waals surface area (Å²) in [6.07, 6.45) is 5.86. The Labute approximate surface area is 134 Å². The monoisotopic (exact) mass is 358 g/mol. The first-order chi connectivity index (χ1) is 10.1. The summed E-state index contributed by atoms with van der Waals surface area (Å²) >= 11 is 3.19. The van der Waals surface area contributed by atoms with Crippen molar-refractivity contribution in [1.82, 2.24) is 0 Å². The fourth-order valence-corrected chi connectivity index (χ4v) is 3.67. The molecule has 1 fully saturated rings. The third kappa shape index (κ3) is 4.76. The molecule has 0 aliphatic heterocycles. The average Bonchev–Trinajstić information content (AvgIpc) is 2.49. The number of halogens is 2. The van der Waals surface area contributed by atoms with Crippen LogP contribution in [0.2, 0.25) is 0 Å². The molecule has 21 heavy (non-hydrogen) atoms. The number of rotatable bonds is 6. The molecule has 0 aromatic heterocycles. The van der Waals surface area contributed by atoms with Gasteiger partial charge in [-0.1, -0.05) is 25.3 Å². The van der Waals surface area contributed by atoms with Crippen molar-refractivity contribution in [3.05, 3.63) is 34.1 Å². The first-order valence-electron chi connectivity index (χ1n) is 7.85. The van der Waals surface area contributed by atoms with Gasteiger partial charge in [0.25, 0.3) is 0 Å². The van der Waals surface area contributed by atoms with Gasteiger partial charge in [-0.15, -0.1) is 0 Å². The summed E-state index contributed by atoms with van der Waals surface area (Å²) in [6, 6.07) is 4.90. The van der Waals surface area contributed by atoms with Gasteiger partial charge in [-0.05, 0) is 59.3 Å². The number of ether oxygens (including phenoxy) is 1. The summed E-state index contributed by atoms with van der Waals surface area (Å²) < 4.78 is 19.5. The summed E-state index contributed by atoms with van der Waals surface area (Å²) in [5.41, 5.74) is 0.927. The van der Waals surface area contributed by atoms with E-state index in [1.165, 1.54) is 25.3 Å². The Morgan fingerprint density at radius 2 is 2.05 bits per heavy atom. The van der Waals surface area contributed by atoms with Gasteiger partial charge >= 0.3 is 0 Å². The molecule has 1 aromatic carbocycles. The van der Waals surface area contributed by atoms with Crippen LogP contribution in [0.1, 0.15) is 44.6 Å². The molecule has 1 aliphatic rings. The molecule has 2 unspecified atom stereocenters. The predicted octanol–water partition coefficient (Wildman–Crippen LogP) is 4.48.